The lowest BCUT2D eigenvalue weighted by Crippen LogP contribution is -2.04. The first-order chi connectivity index (χ1) is 7.66. The second-order valence-corrected chi connectivity index (χ2v) is 5.49. The van der Waals surface area contributed by atoms with Gasteiger partial charge in [0, 0.05) is 0 Å². The summed E-state index contributed by atoms with van der Waals surface area (Å²) in [5, 5.41) is 0. The quantitative estimate of drug-likeness (QED) is 0.387. The molecule has 1 atom stereocenters. The number of hydrogen-bond donors (Lipinski definition) is 0. The highest BCUT2D eigenvalue weighted by Crippen LogP contribution is 2.16. The Hall–Kier alpha value is -0.0700. The molecule has 0 heterocycles. The zero-order valence-electron chi connectivity index (χ0n) is 11.6. The van der Waals surface area contributed by atoms with Crippen molar-refractivity contribution in [2.45, 2.75) is 91.2 Å². The average Bonchev–Trinajstić information content (AvgIpc) is 2.21. The van der Waals surface area contributed by atoms with Crippen LogP contribution in [0, 0.1) is 5.92 Å². The van der Waals surface area contributed by atoms with Gasteiger partial charge in [-0.05, 0) is 18.8 Å². The van der Waals surface area contributed by atoms with Gasteiger partial charge in [0.15, 0.2) is 0 Å². The standard InChI is InChI=1S/C15H31F/c1-4-5-6-7-8-9-10-11-12-15(16)13-14(2)3/h14-15H,4-13H2,1-3H3. The van der Waals surface area contributed by atoms with Gasteiger partial charge in [0.1, 0.15) is 6.17 Å². The highest BCUT2D eigenvalue weighted by Gasteiger charge is 2.07. The molecule has 0 bridgehead atoms. The van der Waals surface area contributed by atoms with E-state index < -0.39 is 6.17 Å². The van der Waals surface area contributed by atoms with Crippen molar-refractivity contribution in [3.8, 4) is 0 Å². The Bertz CT molecular complexity index is 131. The van der Waals surface area contributed by atoms with Crippen LogP contribution in [0.2, 0.25) is 0 Å². The Morgan fingerprint density at radius 1 is 0.812 bits per heavy atom. The smallest absolute Gasteiger partial charge is 0.100 e. The van der Waals surface area contributed by atoms with E-state index in [0.717, 1.165) is 19.3 Å². The summed E-state index contributed by atoms with van der Waals surface area (Å²) in [7, 11) is 0. The fourth-order valence-corrected chi connectivity index (χ4v) is 2.13. The fourth-order valence-electron chi connectivity index (χ4n) is 2.13. The van der Waals surface area contributed by atoms with Crippen LogP contribution in [-0.4, -0.2) is 6.17 Å². The first-order valence-electron chi connectivity index (χ1n) is 7.30. The van der Waals surface area contributed by atoms with Gasteiger partial charge < -0.3 is 0 Å². The molecular weight excluding hydrogens is 199 g/mol. The van der Waals surface area contributed by atoms with Crippen molar-refractivity contribution in [3.05, 3.63) is 0 Å². The molecule has 0 aliphatic rings. The van der Waals surface area contributed by atoms with Gasteiger partial charge in [-0.15, -0.1) is 0 Å². The van der Waals surface area contributed by atoms with Crippen LogP contribution in [0.1, 0.15) is 85.0 Å². The molecule has 0 aliphatic heterocycles. The molecule has 0 aliphatic carbocycles. The highest BCUT2D eigenvalue weighted by molar-refractivity contribution is 4.59. The SMILES string of the molecule is CCCCCCCCCCC(F)CC(C)C. The van der Waals surface area contributed by atoms with Crippen LogP contribution < -0.4 is 0 Å². The summed E-state index contributed by atoms with van der Waals surface area (Å²) < 4.78 is 13.3. The molecule has 1 unspecified atom stereocenters. The Morgan fingerprint density at radius 3 is 1.81 bits per heavy atom. The maximum atomic E-state index is 13.3. The minimum atomic E-state index is -0.555. The lowest BCUT2D eigenvalue weighted by molar-refractivity contribution is 0.260. The molecular formula is C15H31F. The molecule has 0 N–H and O–H groups in total. The van der Waals surface area contributed by atoms with Crippen LogP contribution in [0.25, 0.3) is 0 Å². The Morgan fingerprint density at radius 2 is 1.31 bits per heavy atom. The van der Waals surface area contributed by atoms with Crippen molar-refractivity contribution in [2.75, 3.05) is 0 Å². The van der Waals surface area contributed by atoms with Gasteiger partial charge in [-0.2, -0.15) is 0 Å². The zero-order chi connectivity index (χ0) is 12.2. The van der Waals surface area contributed by atoms with E-state index >= 15 is 0 Å². The van der Waals surface area contributed by atoms with Gasteiger partial charge in [-0.25, -0.2) is 4.39 Å². The van der Waals surface area contributed by atoms with Crippen LogP contribution >= 0.6 is 0 Å². The predicted octanol–water partition coefficient (Wildman–Crippen LogP) is 5.90. The fraction of sp³-hybridized carbons (Fsp3) is 1.00. The molecule has 0 aromatic carbocycles. The van der Waals surface area contributed by atoms with Crippen molar-refractivity contribution < 1.29 is 4.39 Å². The molecule has 0 amide bonds. The molecule has 0 rings (SSSR count). The molecule has 0 aromatic rings. The number of rotatable bonds is 11. The van der Waals surface area contributed by atoms with Gasteiger partial charge >= 0.3 is 0 Å². The third-order valence-corrected chi connectivity index (χ3v) is 3.10. The van der Waals surface area contributed by atoms with Crippen molar-refractivity contribution in [3.63, 3.8) is 0 Å². The summed E-state index contributed by atoms with van der Waals surface area (Å²) >= 11 is 0. The minimum absolute atomic E-state index is 0.504. The van der Waals surface area contributed by atoms with E-state index in [4.69, 9.17) is 0 Å². The van der Waals surface area contributed by atoms with Crippen LogP contribution in [0.4, 0.5) is 4.39 Å². The van der Waals surface area contributed by atoms with Crippen LogP contribution in [-0.2, 0) is 0 Å². The predicted molar refractivity (Wildman–Crippen MR) is 71.6 cm³/mol. The summed E-state index contributed by atoms with van der Waals surface area (Å²) in [6.45, 7) is 6.44. The average molecular weight is 230 g/mol. The zero-order valence-corrected chi connectivity index (χ0v) is 11.6. The number of halogens is 1. The highest BCUT2D eigenvalue weighted by atomic mass is 19.1. The second-order valence-electron chi connectivity index (χ2n) is 5.49. The molecule has 0 fully saturated rings. The molecule has 1 heteroatoms. The monoisotopic (exact) mass is 230 g/mol. The third-order valence-electron chi connectivity index (χ3n) is 3.10. The maximum Gasteiger partial charge on any atom is 0.100 e. The second kappa shape index (κ2) is 11.4. The number of alkyl halides is 1. The number of hydrogen-bond acceptors (Lipinski definition) is 0. The van der Waals surface area contributed by atoms with Crippen molar-refractivity contribution in [1.29, 1.82) is 0 Å². The summed E-state index contributed by atoms with van der Waals surface area (Å²) in [6.07, 6.45) is 11.4. The Balaban J connectivity index is 3.08. The summed E-state index contributed by atoms with van der Waals surface area (Å²) in [6, 6.07) is 0. The molecule has 0 radical (unpaired) electrons. The molecule has 0 spiro atoms. The number of unbranched alkanes of at least 4 members (excludes halogenated alkanes) is 7. The van der Waals surface area contributed by atoms with E-state index in [0.29, 0.717) is 5.92 Å². The summed E-state index contributed by atoms with van der Waals surface area (Å²) in [4.78, 5) is 0. The minimum Gasteiger partial charge on any atom is -0.247 e. The van der Waals surface area contributed by atoms with Crippen molar-refractivity contribution >= 4 is 0 Å². The maximum absolute atomic E-state index is 13.3. The molecule has 0 nitrogen and oxygen atoms in total. The van der Waals surface area contributed by atoms with Crippen LogP contribution in [0.5, 0.6) is 0 Å². The van der Waals surface area contributed by atoms with Gasteiger partial charge in [-0.3, -0.25) is 0 Å². The van der Waals surface area contributed by atoms with E-state index in [9.17, 15) is 4.39 Å². The topological polar surface area (TPSA) is 0 Å². The lowest BCUT2D eigenvalue weighted by Gasteiger charge is -2.10. The van der Waals surface area contributed by atoms with E-state index in [1.807, 2.05) is 0 Å². The van der Waals surface area contributed by atoms with E-state index in [1.54, 1.807) is 0 Å². The lowest BCUT2D eigenvalue weighted by atomic mass is 10.0. The van der Waals surface area contributed by atoms with Gasteiger partial charge in [0.05, 0.1) is 0 Å². The normalized spacial score (nSPS) is 13.3. The van der Waals surface area contributed by atoms with Gasteiger partial charge in [0.2, 0.25) is 0 Å². The molecule has 0 aromatic heterocycles. The Kier molecular flexibility index (Phi) is 11.4. The van der Waals surface area contributed by atoms with Crippen molar-refractivity contribution in [1.82, 2.24) is 0 Å². The Labute approximate surface area is 102 Å². The molecule has 0 saturated heterocycles. The third kappa shape index (κ3) is 12.0. The summed E-state index contributed by atoms with van der Waals surface area (Å²) in [5.74, 6) is 0.504. The molecule has 0 saturated carbocycles. The first kappa shape index (κ1) is 15.9. The van der Waals surface area contributed by atoms with E-state index in [-0.39, 0.29) is 0 Å². The molecule has 16 heavy (non-hydrogen) atoms. The first-order valence-corrected chi connectivity index (χ1v) is 7.30. The van der Waals surface area contributed by atoms with E-state index in [2.05, 4.69) is 20.8 Å². The van der Waals surface area contributed by atoms with Gasteiger partial charge in [-0.1, -0.05) is 72.1 Å². The summed E-state index contributed by atoms with van der Waals surface area (Å²) in [5.41, 5.74) is 0. The largest absolute Gasteiger partial charge is 0.247 e. The van der Waals surface area contributed by atoms with Crippen LogP contribution in [0.15, 0.2) is 0 Å². The van der Waals surface area contributed by atoms with Crippen LogP contribution in [0.3, 0.4) is 0 Å². The van der Waals surface area contributed by atoms with Gasteiger partial charge in [0.25, 0.3) is 0 Å². The molecule has 98 valence electrons. The van der Waals surface area contributed by atoms with Crippen molar-refractivity contribution in [2.24, 2.45) is 5.92 Å². The van der Waals surface area contributed by atoms with E-state index in [1.165, 1.54) is 44.9 Å².